The Labute approximate surface area is 283 Å². The highest BCUT2D eigenvalue weighted by atomic mass is 16.3. The van der Waals surface area contributed by atoms with E-state index in [1.54, 1.807) is 24.6 Å². The molecule has 48 heavy (non-hydrogen) atoms. The molecule has 0 aliphatic heterocycles. The fourth-order valence-electron chi connectivity index (χ4n) is 5.57. The van der Waals surface area contributed by atoms with Crippen molar-refractivity contribution in [1.82, 2.24) is 9.97 Å². The molecule has 0 aliphatic rings. The number of aromatic amines is 1. The van der Waals surface area contributed by atoms with Crippen molar-refractivity contribution in [3.05, 3.63) is 122 Å². The molecule has 0 atom stereocenters. The number of phenolic OH excluding ortho intramolecular Hbond substituents is 2. The lowest BCUT2D eigenvalue weighted by Gasteiger charge is -2.27. The van der Waals surface area contributed by atoms with Gasteiger partial charge in [0.15, 0.2) is 0 Å². The van der Waals surface area contributed by atoms with Gasteiger partial charge in [0, 0.05) is 35.5 Å². The van der Waals surface area contributed by atoms with Crippen molar-refractivity contribution in [2.45, 2.75) is 85.0 Å². The Kier molecular flexibility index (Phi) is 9.20. The van der Waals surface area contributed by atoms with Crippen molar-refractivity contribution in [1.29, 1.82) is 0 Å². The molecule has 0 aliphatic carbocycles. The average Bonchev–Trinajstić information content (AvgIpc) is 2.99. The Bertz CT molecular complexity index is 2090. The van der Waals surface area contributed by atoms with Crippen LogP contribution >= 0.6 is 0 Å². The van der Waals surface area contributed by atoms with Crippen LogP contribution in [0, 0.1) is 0 Å². The van der Waals surface area contributed by atoms with Gasteiger partial charge in [0.25, 0.3) is 5.56 Å². The fraction of sp³-hybridized carbons (Fsp3) is 0.317. The van der Waals surface area contributed by atoms with Crippen LogP contribution in [0.3, 0.4) is 0 Å². The van der Waals surface area contributed by atoms with Crippen LogP contribution < -0.4 is 5.56 Å². The molecular formula is C41H46N4O3. The predicted octanol–water partition coefficient (Wildman–Crippen LogP) is 9.32. The maximum absolute atomic E-state index is 13.1. The predicted molar refractivity (Wildman–Crippen MR) is 198 cm³/mol. The third kappa shape index (κ3) is 7.57. The molecule has 0 saturated heterocycles. The Balaban J connectivity index is 1.67. The summed E-state index contributed by atoms with van der Waals surface area (Å²) in [7, 11) is 0. The van der Waals surface area contributed by atoms with Crippen LogP contribution in [0.1, 0.15) is 101 Å². The third-order valence-electron chi connectivity index (χ3n) is 8.45. The number of benzene rings is 4. The molecule has 0 spiro atoms. The summed E-state index contributed by atoms with van der Waals surface area (Å²) in [4.78, 5) is 30.5. The topological polar surface area (TPSA) is 111 Å². The second-order valence-electron chi connectivity index (χ2n) is 15.5. The molecule has 7 heteroatoms. The van der Waals surface area contributed by atoms with Gasteiger partial charge in [-0.25, -0.2) is 4.98 Å². The summed E-state index contributed by atoms with van der Waals surface area (Å²) in [5.74, 6) is 0.348. The van der Waals surface area contributed by atoms with E-state index < -0.39 is 0 Å². The fourth-order valence-corrected chi connectivity index (χ4v) is 5.57. The summed E-state index contributed by atoms with van der Waals surface area (Å²) in [6.45, 7) is 18.8. The van der Waals surface area contributed by atoms with Crippen molar-refractivity contribution < 1.29 is 10.2 Å². The largest absolute Gasteiger partial charge is 0.507 e. The lowest BCUT2D eigenvalue weighted by molar-refractivity contribution is 0.443. The first kappa shape index (κ1) is 34.3. The van der Waals surface area contributed by atoms with Gasteiger partial charge in [0.2, 0.25) is 0 Å². The Morgan fingerprint density at radius 2 is 1.29 bits per heavy atom. The molecule has 1 aromatic heterocycles. The first-order valence-electron chi connectivity index (χ1n) is 16.3. The number of para-hydroxylation sites is 1. The number of nitrogens with zero attached hydrogens (tertiary/aromatic N) is 3. The van der Waals surface area contributed by atoms with E-state index in [0.717, 1.165) is 22.3 Å². The number of aromatic nitrogens is 2. The number of fused-ring (bicyclic) bond motifs is 1. The summed E-state index contributed by atoms with van der Waals surface area (Å²) in [5.41, 5.74) is 6.34. The van der Waals surface area contributed by atoms with E-state index in [1.807, 2.05) is 75.4 Å². The minimum atomic E-state index is -0.293. The highest BCUT2D eigenvalue weighted by Gasteiger charge is 2.25. The van der Waals surface area contributed by atoms with Crippen LogP contribution in [0.4, 0.5) is 11.4 Å². The molecule has 248 valence electrons. The first-order chi connectivity index (χ1) is 22.4. The van der Waals surface area contributed by atoms with Crippen LogP contribution in [0.5, 0.6) is 11.5 Å². The normalized spacial score (nSPS) is 12.9. The van der Waals surface area contributed by atoms with Crippen molar-refractivity contribution in [2.24, 2.45) is 9.98 Å². The second kappa shape index (κ2) is 12.9. The van der Waals surface area contributed by atoms with Crippen LogP contribution in [0.25, 0.3) is 11.0 Å². The lowest BCUT2D eigenvalue weighted by atomic mass is 9.79. The summed E-state index contributed by atoms with van der Waals surface area (Å²) in [6, 6.07) is 22.9. The van der Waals surface area contributed by atoms with Gasteiger partial charge in [0.05, 0.1) is 22.4 Å². The molecule has 4 aromatic carbocycles. The van der Waals surface area contributed by atoms with Gasteiger partial charge >= 0.3 is 0 Å². The standard InChI is InChI=1S/C41H46N4O3/c1-39(2,3)28-19-27(37(47)30(20-28)41(7,8)9)24-43-32-22-34-33(44-35(38(48)45-34)18-25-14-11-10-12-15-25)21-31(32)42-23-26-16-13-17-29(36(26)46)40(4,5)6/h10-17,19-24,46-47H,18H2,1-9H3,(H,45,48). The Morgan fingerprint density at radius 1 is 0.688 bits per heavy atom. The van der Waals surface area contributed by atoms with E-state index in [0.29, 0.717) is 45.6 Å². The number of phenols is 2. The van der Waals surface area contributed by atoms with Crippen molar-refractivity contribution >= 4 is 34.8 Å². The van der Waals surface area contributed by atoms with Crippen LogP contribution in [-0.2, 0) is 22.7 Å². The SMILES string of the molecule is CC(C)(C)c1cc(C=Nc2cc3[nH]c(=O)c(Cc4ccccc4)nc3cc2N=Cc2cccc(C(C)(C)C)c2O)c(O)c(C(C)(C)C)c1. The quantitative estimate of drug-likeness (QED) is 0.160. The first-order valence-corrected chi connectivity index (χ1v) is 16.3. The van der Waals surface area contributed by atoms with Gasteiger partial charge in [-0.3, -0.25) is 14.8 Å². The number of hydrogen-bond donors (Lipinski definition) is 3. The molecule has 0 fully saturated rings. The minimum Gasteiger partial charge on any atom is -0.507 e. The van der Waals surface area contributed by atoms with Crippen molar-refractivity contribution in [3.8, 4) is 11.5 Å². The molecule has 7 nitrogen and oxygen atoms in total. The zero-order valence-electron chi connectivity index (χ0n) is 29.4. The summed E-state index contributed by atoms with van der Waals surface area (Å²) in [6.07, 6.45) is 3.65. The number of hydrogen-bond acceptors (Lipinski definition) is 6. The van der Waals surface area contributed by atoms with Crippen molar-refractivity contribution in [2.75, 3.05) is 0 Å². The number of H-pyrrole nitrogens is 1. The highest BCUT2D eigenvalue weighted by Crippen LogP contribution is 2.39. The maximum Gasteiger partial charge on any atom is 0.270 e. The number of aliphatic imine (C=N–C) groups is 2. The molecule has 0 bridgehead atoms. The van der Waals surface area contributed by atoms with Crippen LogP contribution in [-0.4, -0.2) is 32.6 Å². The summed E-state index contributed by atoms with van der Waals surface area (Å²) in [5, 5.41) is 22.5. The van der Waals surface area contributed by atoms with E-state index in [1.165, 1.54) is 0 Å². The molecular weight excluding hydrogens is 596 g/mol. The third-order valence-corrected chi connectivity index (χ3v) is 8.45. The van der Waals surface area contributed by atoms with Gasteiger partial charge in [-0.05, 0) is 57.2 Å². The zero-order chi connectivity index (χ0) is 35.0. The molecule has 3 N–H and O–H groups in total. The average molecular weight is 643 g/mol. The maximum atomic E-state index is 13.1. The van der Waals surface area contributed by atoms with Gasteiger partial charge in [0.1, 0.15) is 17.2 Å². The molecule has 5 aromatic rings. The summed E-state index contributed by atoms with van der Waals surface area (Å²) >= 11 is 0. The molecule has 1 heterocycles. The Hall–Kier alpha value is -5.04. The molecule has 0 radical (unpaired) electrons. The number of rotatable bonds is 6. The zero-order valence-corrected chi connectivity index (χ0v) is 29.4. The number of aromatic hydroxyl groups is 2. The second-order valence-corrected chi connectivity index (χ2v) is 15.5. The van der Waals surface area contributed by atoms with Gasteiger partial charge in [-0.1, -0.05) is 111 Å². The minimum absolute atomic E-state index is 0.152. The summed E-state index contributed by atoms with van der Waals surface area (Å²) < 4.78 is 0. The van der Waals surface area contributed by atoms with E-state index >= 15 is 0 Å². The van der Waals surface area contributed by atoms with E-state index in [4.69, 9.17) is 15.0 Å². The molecule has 0 unspecified atom stereocenters. The van der Waals surface area contributed by atoms with E-state index in [2.05, 4.69) is 52.6 Å². The van der Waals surface area contributed by atoms with E-state index in [9.17, 15) is 15.0 Å². The van der Waals surface area contributed by atoms with E-state index in [-0.39, 0.29) is 33.3 Å². The molecule has 0 amide bonds. The lowest BCUT2D eigenvalue weighted by Crippen LogP contribution is -2.17. The van der Waals surface area contributed by atoms with Crippen LogP contribution in [0.2, 0.25) is 0 Å². The van der Waals surface area contributed by atoms with Gasteiger partial charge in [-0.15, -0.1) is 0 Å². The smallest absolute Gasteiger partial charge is 0.270 e. The highest BCUT2D eigenvalue weighted by molar-refractivity contribution is 5.94. The van der Waals surface area contributed by atoms with Gasteiger partial charge < -0.3 is 15.2 Å². The monoisotopic (exact) mass is 642 g/mol. The van der Waals surface area contributed by atoms with Gasteiger partial charge in [-0.2, -0.15) is 0 Å². The van der Waals surface area contributed by atoms with Crippen molar-refractivity contribution in [3.63, 3.8) is 0 Å². The van der Waals surface area contributed by atoms with Crippen LogP contribution in [0.15, 0.2) is 87.6 Å². The number of nitrogens with one attached hydrogen (secondary N) is 1. The Morgan fingerprint density at radius 3 is 1.92 bits per heavy atom. The molecule has 0 saturated carbocycles. The molecule has 5 rings (SSSR count).